The van der Waals surface area contributed by atoms with E-state index in [-0.39, 0.29) is 11.9 Å². The number of hydrogen-bond donors (Lipinski definition) is 3. The van der Waals surface area contributed by atoms with Gasteiger partial charge in [0.15, 0.2) is 0 Å². The highest BCUT2D eigenvalue weighted by Crippen LogP contribution is 2.29. The first-order valence-corrected chi connectivity index (χ1v) is 7.05. The molecule has 3 amide bonds. The summed E-state index contributed by atoms with van der Waals surface area (Å²) in [6.07, 6.45) is 3.37. The Hall–Kier alpha value is -0.750. The zero-order valence-electron chi connectivity index (χ0n) is 10.4. The van der Waals surface area contributed by atoms with Crippen molar-refractivity contribution in [3.05, 3.63) is 0 Å². The number of hydrogen-bond acceptors (Lipinski definition) is 4. The van der Waals surface area contributed by atoms with Crippen molar-refractivity contribution in [3.63, 3.8) is 0 Å². The Morgan fingerprint density at radius 3 is 2.76 bits per heavy atom. The predicted octanol–water partition coefficient (Wildman–Crippen LogP) is 0.834. The second-order valence-corrected chi connectivity index (χ2v) is 5.91. The number of carbonyl (C=O) groups excluding carboxylic acids is 2. The van der Waals surface area contributed by atoms with E-state index in [0.29, 0.717) is 11.3 Å². The van der Waals surface area contributed by atoms with E-state index >= 15 is 0 Å². The molecule has 0 spiro atoms. The van der Waals surface area contributed by atoms with Crippen LogP contribution < -0.4 is 16.4 Å². The van der Waals surface area contributed by atoms with Crippen LogP contribution in [0.15, 0.2) is 0 Å². The fraction of sp³-hybridized carbons (Fsp3) is 0.818. The first-order chi connectivity index (χ1) is 8.02. The third-order valence-corrected chi connectivity index (χ3v) is 4.15. The minimum absolute atomic E-state index is 0.357. The molecular formula is C11H21N3O2S. The highest BCUT2D eigenvalue weighted by Gasteiger charge is 2.27. The van der Waals surface area contributed by atoms with Gasteiger partial charge in [-0.3, -0.25) is 10.1 Å². The Morgan fingerprint density at radius 2 is 2.18 bits per heavy atom. The van der Waals surface area contributed by atoms with Gasteiger partial charge in [-0.2, -0.15) is 11.8 Å². The topological polar surface area (TPSA) is 84.2 Å². The summed E-state index contributed by atoms with van der Waals surface area (Å²) in [6, 6.07) is -0.806. The Bertz CT molecular complexity index is 286. The number of nitrogens with two attached hydrogens (primary N) is 1. The lowest BCUT2D eigenvalue weighted by Gasteiger charge is -2.18. The van der Waals surface area contributed by atoms with Crippen molar-refractivity contribution >= 4 is 23.7 Å². The van der Waals surface area contributed by atoms with Crippen molar-refractivity contribution in [2.75, 3.05) is 5.75 Å². The summed E-state index contributed by atoms with van der Waals surface area (Å²) in [5.41, 5.74) is 4.90. The van der Waals surface area contributed by atoms with Gasteiger partial charge < -0.3 is 11.1 Å². The van der Waals surface area contributed by atoms with Gasteiger partial charge in [-0.15, -0.1) is 0 Å². The van der Waals surface area contributed by atoms with E-state index in [2.05, 4.69) is 17.6 Å². The van der Waals surface area contributed by atoms with Gasteiger partial charge in [0.05, 0.1) is 6.04 Å². The fourth-order valence-corrected chi connectivity index (χ4v) is 3.28. The third kappa shape index (κ3) is 4.95. The lowest BCUT2D eigenvalue weighted by atomic mass is 10.2. The van der Waals surface area contributed by atoms with Crippen molar-refractivity contribution in [2.45, 2.75) is 50.4 Å². The maximum atomic E-state index is 11.5. The zero-order chi connectivity index (χ0) is 12.8. The largest absolute Gasteiger partial charge is 0.351 e. The molecule has 1 rings (SSSR count). The van der Waals surface area contributed by atoms with Crippen LogP contribution in [0.3, 0.4) is 0 Å². The summed E-state index contributed by atoms with van der Waals surface area (Å²) in [5, 5.41) is 6.02. The molecule has 0 heterocycles. The number of amides is 3. The Balaban J connectivity index is 2.30. The Labute approximate surface area is 106 Å². The van der Waals surface area contributed by atoms with Crippen molar-refractivity contribution in [1.82, 2.24) is 10.6 Å². The number of urea groups is 1. The van der Waals surface area contributed by atoms with Crippen molar-refractivity contribution in [3.8, 4) is 0 Å². The molecule has 17 heavy (non-hydrogen) atoms. The molecule has 0 saturated heterocycles. The molecule has 0 aromatic carbocycles. The van der Waals surface area contributed by atoms with Crippen LogP contribution in [0.25, 0.3) is 0 Å². The van der Waals surface area contributed by atoms with E-state index in [1.54, 1.807) is 6.92 Å². The molecule has 0 aromatic heterocycles. The van der Waals surface area contributed by atoms with Gasteiger partial charge in [0.25, 0.3) is 0 Å². The molecule has 98 valence electrons. The molecule has 1 fully saturated rings. The Kier molecular flexibility index (Phi) is 5.77. The summed E-state index contributed by atoms with van der Waals surface area (Å²) in [7, 11) is 0. The molecular weight excluding hydrogens is 238 g/mol. The van der Waals surface area contributed by atoms with Gasteiger partial charge in [0.2, 0.25) is 5.91 Å². The van der Waals surface area contributed by atoms with E-state index in [1.165, 1.54) is 6.42 Å². The number of thioether (sulfide) groups is 1. The summed E-state index contributed by atoms with van der Waals surface area (Å²) < 4.78 is 0. The molecule has 0 aromatic rings. The predicted molar refractivity (Wildman–Crippen MR) is 69.9 cm³/mol. The summed E-state index contributed by atoms with van der Waals surface area (Å²) in [4.78, 5) is 22.0. The number of nitrogens with one attached hydrogen (secondary N) is 2. The molecule has 5 nitrogen and oxygen atoms in total. The average molecular weight is 259 g/mol. The van der Waals surface area contributed by atoms with Gasteiger partial charge in [-0.25, -0.2) is 4.79 Å². The van der Waals surface area contributed by atoms with Crippen LogP contribution in [-0.2, 0) is 4.79 Å². The smallest absolute Gasteiger partial charge is 0.318 e. The van der Waals surface area contributed by atoms with Crippen LogP contribution in [-0.4, -0.2) is 35.0 Å². The summed E-state index contributed by atoms with van der Waals surface area (Å²) >= 11 is 1.97. The van der Waals surface area contributed by atoms with E-state index in [4.69, 9.17) is 5.73 Å². The molecule has 3 atom stereocenters. The highest BCUT2D eigenvalue weighted by atomic mass is 32.2. The molecule has 3 unspecified atom stereocenters. The first-order valence-electron chi connectivity index (χ1n) is 6.00. The van der Waals surface area contributed by atoms with Gasteiger partial charge in [0, 0.05) is 11.3 Å². The number of imide groups is 1. The normalized spacial score (nSPS) is 25.5. The summed E-state index contributed by atoms with van der Waals surface area (Å²) in [5.74, 6) is 0.777. The quantitative estimate of drug-likeness (QED) is 0.683. The van der Waals surface area contributed by atoms with Gasteiger partial charge >= 0.3 is 6.03 Å². The van der Waals surface area contributed by atoms with Crippen LogP contribution in [0.1, 0.15) is 33.1 Å². The zero-order valence-corrected chi connectivity index (χ0v) is 11.2. The second kappa shape index (κ2) is 6.86. The van der Waals surface area contributed by atoms with Gasteiger partial charge in [0.1, 0.15) is 0 Å². The molecule has 0 bridgehead atoms. The van der Waals surface area contributed by atoms with Crippen molar-refractivity contribution < 1.29 is 9.59 Å². The van der Waals surface area contributed by atoms with E-state index in [9.17, 15) is 9.59 Å². The molecule has 4 N–H and O–H groups in total. The van der Waals surface area contributed by atoms with Gasteiger partial charge in [-0.1, -0.05) is 6.92 Å². The van der Waals surface area contributed by atoms with Crippen LogP contribution in [0.5, 0.6) is 0 Å². The Morgan fingerprint density at radius 1 is 1.47 bits per heavy atom. The maximum Gasteiger partial charge on any atom is 0.318 e. The van der Waals surface area contributed by atoms with Crippen molar-refractivity contribution in [2.24, 2.45) is 5.73 Å². The molecule has 0 radical (unpaired) electrons. The first kappa shape index (κ1) is 14.3. The molecule has 1 saturated carbocycles. The minimum Gasteiger partial charge on any atom is -0.351 e. The van der Waals surface area contributed by atoms with E-state index < -0.39 is 6.03 Å². The number of primary amides is 1. The van der Waals surface area contributed by atoms with Crippen LogP contribution >= 0.6 is 11.8 Å². The van der Waals surface area contributed by atoms with Gasteiger partial charge in [-0.05, 0) is 31.9 Å². The highest BCUT2D eigenvalue weighted by molar-refractivity contribution is 7.99. The van der Waals surface area contributed by atoms with Crippen molar-refractivity contribution in [1.29, 1.82) is 0 Å². The van der Waals surface area contributed by atoms with E-state index in [1.807, 2.05) is 11.8 Å². The molecule has 6 heteroatoms. The third-order valence-electron chi connectivity index (χ3n) is 2.91. The minimum atomic E-state index is -0.797. The lowest BCUT2D eigenvalue weighted by Crippen LogP contribution is -2.49. The average Bonchev–Trinajstić information content (AvgIpc) is 2.65. The standard InChI is InChI=1S/C11H21N3O2S/c1-3-17-9-5-4-8(6-9)13-7(2)10(15)14-11(12)16/h7-9,13H,3-6H2,1-2H3,(H3,12,14,15,16). The summed E-state index contributed by atoms with van der Waals surface area (Å²) in [6.45, 7) is 3.91. The lowest BCUT2D eigenvalue weighted by molar-refractivity contribution is -0.121. The van der Waals surface area contributed by atoms with Crippen LogP contribution in [0, 0.1) is 0 Å². The maximum absolute atomic E-state index is 11.5. The number of carbonyl (C=O) groups is 2. The number of rotatable bonds is 5. The second-order valence-electron chi connectivity index (χ2n) is 4.33. The molecule has 1 aliphatic carbocycles. The monoisotopic (exact) mass is 259 g/mol. The van der Waals surface area contributed by atoms with E-state index in [0.717, 1.165) is 18.6 Å². The SMILES string of the molecule is CCSC1CCC(NC(C)C(=O)NC(N)=O)C1. The molecule has 0 aliphatic heterocycles. The van der Waals surface area contributed by atoms with Crippen LogP contribution in [0.2, 0.25) is 0 Å². The fourth-order valence-electron chi connectivity index (χ4n) is 2.14. The molecule has 1 aliphatic rings. The van der Waals surface area contributed by atoms with Crippen LogP contribution in [0.4, 0.5) is 4.79 Å².